The second kappa shape index (κ2) is 13.2. The van der Waals surface area contributed by atoms with E-state index in [4.69, 9.17) is 6.57 Å². The van der Waals surface area contributed by atoms with Gasteiger partial charge in [0.15, 0.2) is 0 Å². The molecule has 0 spiro atoms. The normalized spacial score (nSPS) is 11.6. The molecule has 0 saturated heterocycles. The number of hydrogen-bond acceptors (Lipinski definition) is 3. The summed E-state index contributed by atoms with van der Waals surface area (Å²) in [4.78, 5) is 6.48. The van der Waals surface area contributed by atoms with Crippen molar-refractivity contribution in [2.75, 3.05) is 4.90 Å². The summed E-state index contributed by atoms with van der Waals surface area (Å²) in [5.74, 6) is 0. The Morgan fingerprint density at radius 1 is 0.467 bits per heavy atom. The molecule has 0 aliphatic rings. The third-order valence-corrected chi connectivity index (χ3v) is 13.0. The van der Waals surface area contributed by atoms with Crippen LogP contribution >= 0.6 is 11.3 Å². The monoisotopic (exact) mass is 781 g/mol. The zero-order valence-corrected chi connectivity index (χ0v) is 32.9. The van der Waals surface area contributed by atoms with E-state index in [1.807, 2.05) is 30.3 Å². The Morgan fingerprint density at radius 3 is 1.88 bits per heavy atom. The Bertz CT molecular complexity index is 3760. The predicted molar refractivity (Wildman–Crippen MR) is 251 cm³/mol. The summed E-state index contributed by atoms with van der Waals surface area (Å²) in [6.07, 6.45) is 0. The molecule has 0 unspecified atom stereocenters. The van der Waals surface area contributed by atoms with E-state index in [-0.39, 0.29) is 0 Å². The van der Waals surface area contributed by atoms with Gasteiger partial charge in [-0.25, -0.2) is 4.85 Å². The Balaban J connectivity index is 1.13. The number of para-hydroxylation sites is 3. The minimum absolute atomic E-state index is 0.467. The van der Waals surface area contributed by atoms with Gasteiger partial charge in [0.2, 0.25) is 5.69 Å². The van der Waals surface area contributed by atoms with Crippen molar-refractivity contribution >= 4 is 109 Å². The molecule has 12 rings (SSSR count). The molecular weight excluding hydrogens is 751 g/mol. The van der Waals surface area contributed by atoms with Crippen LogP contribution in [0.15, 0.2) is 188 Å². The Morgan fingerprint density at radius 2 is 1.12 bits per heavy atom. The molecule has 0 saturated carbocycles. The number of thiophene rings is 1. The van der Waals surface area contributed by atoms with Crippen molar-refractivity contribution in [2.24, 2.45) is 0 Å². The van der Waals surface area contributed by atoms with Crippen LogP contribution in [0, 0.1) is 17.9 Å². The van der Waals surface area contributed by atoms with Crippen LogP contribution in [0.4, 0.5) is 22.7 Å². The van der Waals surface area contributed by atoms with Gasteiger partial charge in [-0.05, 0) is 95.7 Å². The molecule has 0 fully saturated rings. The Hall–Kier alpha value is -8.16. The van der Waals surface area contributed by atoms with Gasteiger partial charge in [-0.2, -0.15) is 5.26 Å². The molecule has 5 nitrogen and oxygen atoms in total. The lowest BCUT2D eigenvalue weighted by Crippen LogP contribution is -2.09. The highest BCUT2D eigenvalue weighted by Crippen LogP contribution is 2.45. The molecule has 3 aromatic heterocycles. The standard InChI is InChI=1S/C54H31N5S/c1-56-45-31-49(35(33-55)28-51(45)59-46-22-12-10-20-40(46)42-30-43-41-21-11-13-23-52(41)60-53(43)32-50(42)59)58-47-27-25-38(57(36-15-4-2-5-16-36)37-17-6-3-7-18-37)29-44(47)54-39-19-9-8-14-34(39)24-26-48(54)58/h2-32H. The zero-order valence-electron chi connectivity index (χ0n) is 32.0. The lowest BCUT2D eigenvalue weighted by Gasteiger charge is -2.25. The summed E-state index contributed by atoms with van der Waals surface area (Å²) in [5, 5.41) is 20.2. The predicted octanol–water partition coefficient (Wildman–Crippen LogP) is 15.3. The first-order valence-corrected chi connectivity index (χ1v) is 20.7. The zero-order chi connectivity index (χ0) is 39.9. The summed E-state index contributed by atoms with van der Waals surface area (Å²) < 4.78 is 6.79. The summed E-state index contributed by atoms with van der Waals surface area (Å²) >= 11 is 1.78. The van der Waals surface area contributed by atoms with Crippen LogP contribution in [0.2, 0.25) is 0 Å². The van der Waals surface area contributed by atoms with E-state index >= 15 is 0 Å². The van der Waals surface area contributed by atoms with Gasteiger partial charge in [0.1, 0.15) is 6.07 Å². The average molecular weight is 782 g/mol. The Labute approximate surface area is 348 Å². The Kier molecular flexibility index (Phi) is 7.46. The third-order valence-electron chi connectivity index (χ3n) is 11.9. The fraction of sp³-hybridized carbons (Fsp3) is 0. The smallest absolute Gasteiger partial charge is 0.212 e. The quantitative estimate of drug-likeness (QED) is 0.163. The maximum atomic E-state index is 11.1. The van der Waals surface area contributed by atoms with Crippen LogP contribution in [0.3, 0.4) is 0 Å². The number of rotatable bonds is 5. The minimum Gasteiger partial charge on any atom is -0.319 e. The summed E-state index contributed by atoms with van der Waals surface area (Å²) in [5.41, 5.74) is 9.36. The summed E-state index contributed by atoms with van der Waals surface area (Å²) in [6, 6.07) is 68.1. The van der Waals surface area contributed by atoms with Gasteiger partial charge in [-0.15, -0.1) is 11.3 Å². The summed E-state index contributed by atoms with van der Waals surface area (Å²) in [6.45, 7) is 8.65. The van der Waals surface area contributed by atoms with Gasteiger partial charge in [0.05, 0.1) is 45.6 Å². The number of aromatic nitrogens is 2. The van der Waals surface area contributed by atoms with Crippen LogP contribution in [0.25, 0.3) is 90.8 Å². The van der Waals surface area contributed by atoms with Crippen molar-refractivity contribution < 1.29 is 0 Å². The van der Waals surface area contributed by atoms with Crippen LogP contribution in [-0.4, -0.2) is 9.13 Å². The van der Waals surface area contributed by atoms with E-state index in [0.717, 1.165) is 71.4 Å². The number of hydrogen-bond donors (Lipinski definition) is 0. The number of nitriles is 1. The highest BCUT2D eigenvalue weighted by Gasteiger charge is 2.23. The first-order chi connectivity index (χ1) is 29.7. The molecular formula is C54H31N5S. The van der Waals surface area contributed by atoms with Crippen molar-refractivity contribution in [3.63, 3.8) is 0 Å². The van der Waals surface area contributed by atoms with Crippen LogP contribution in [0.1, 0.15) is 5.56 Å². The highest BCUT2D eigenvalue weighted by atomic mass is 32.1. The van der Waals surface area contributed by atoms with Gasteiger partial charge in [0.25, 0.3) is 0 Å². The van der Waals surface area contributed by atoms with Crippen molar-refractivity contribution in [1.29, 1.82) is 5.26 Å². The van der Waals surface area contributed by atoms with E-state index in [1.165, 1.54) is 20.2 Å². The number of benzene rings is 9. The first kappa shape index (κ1) is 33.9. The van der Waals surface area contributed by atoms with E-state index < -0.39 is 0 Å². The molecule has 3 heterocycles. The van der Waals surface area contributed by atoms with Crippen LogP contribution < -0.4 is 4.90 Å². The molecule has 278 valence electrons. The molecule has 0 radical (unpaired) electrons. The number of nitrogens with zero attached hydrogens (tertiary/aromatic N) is 5. The van der Waals surface area contributed by atoms with E-state index in [9.17, 15) is 5.26 Å². The van der Waals surface area contributed by atoms with E-state index in [1.54, 1.807) is 11.3 Å². The minimum atomic E-state index is 0.467. The lowest BCUT2D eigenvalue weighted by atomic mass is 10.0. The molecule has 0 N–H and O–H groups in total. The lowest BCUT2D eigenvalue weighted by molar-refractivity contribution is 1.14. The van der Waals surface area contributed by atoms with Crippen molar-refractivity contribution in [1.82, 2.24) is 9.13 Å². The van der Waals surface area contributed by atoms with Gasteiger partial charge < -0.3 is 14.0 Å². The second-order valence-corrected chi connectivity index (χ2v) is 16.2. The first-order valence-electron chi connectivity index (χ1n) is 19.9. The maximum absolute atomic E-state index is 11.1. The number of fused-ring (bicyclic) bond motifs is 11. The third kappa shape index (κ3) is 4.96. The topological polar surface area (TPSA) is 41.2 Å². The average Bonchev–Trinajstić information content (AvgIpc) is 3.95. The molecule has 0 aliphatic heterocycles. The molecule has 60 heavy (non-hydrogen) atoms. The fourth-order valence-corrected chi connectivity index (χ4v) is 10.5. The van der Waals surface area contributed by atoms with Gasteiger partial charge >= 0.3 is 0 Å². The van der Waals surface area contributed by atoms with Gasteiger partial charge in [0, 0.05) is 58.8 Å². The molecule has 9 aromatic carbocycles. The molecule has 0 atom stereocenters. The molecule has 12 aromatic rings. The van der Waals surface area contributed by atoms with Gasteiger partial charge in [-0.1, -0.05) is 103 Å². The summed E-state index contributed by atoms with van der Waals surface area (Å²) in [7, 11) is 0. The van der Waals surface area contributed by atoms with Crippen LogP contribution in [0.5, 0.6) is 0 Å². The molecule has 0 aliphatic carbocycles. The van der Waals surface area contributed by atoms with Crippen LogP contribution in [-0.2, 0) is 0 Å². The molecule has 0 amide bonds. The van der Waals surface area contributed by atoms with Gasteiger partial charge in [-0.3, -0.25) is 0 Å². The molecule has 6 heteroatoms. The van der Waals surface area contributed by atoms with E-state index in [2.05, 4.69) is 183 Å². The van der Waals surface area contributed by atoms with Crippen molar-refractivity contribution in [2.45, 2.75) is 0 Å². The fourth-order valence-electron chi connectivity index (χ4n) is 9.33. The molecule has 0 bridgehead atoms. The highest BCUT2D eigenvalue weighted by molar-refractivity contribution is 7.25. The number of anilines is 3. The maximum Gasteiger partial charge on any atom is 0.212 e. The largest absolute Gasteiger partial charge is 0.319 e. The SMILES string of the molecule is [C-]#[N+]c1cc(-n2c3ccc(N(c4ccccc4)c4ccccc4)cc3c3c4ccccc4ccc32)c(C#N)cc1-n1c2ccccc2c2cc3c(cc21)sc1ccccc13. The second-order valence-electron chi connectivity index (χ2n) is 15.1. The van der Waals surface area contributed by atoms with E-state index in [0.29, 0.717) is 22.6 Å². The van der Waals surface area contributed by atoms with Crippen molar-refractivity contribution in [3.05, 3.63) is 205 Å². The van der Waals surface area contributed by atoms with Crippen molar-refractivity contribution in [3.8, 4) is 17.4 Å².